The number of ether oxygens (including phenoxy) is 3. The van der Waals surface area contributed by atoms with E-state index in [1.165, 1.54) is 37.3 Å². The number of carbonyl (C=O) groups excluding carboxylic acids is 2. The summed E-state index contributed by atoms with van der Waals surface area (Å²) in [4.78, 5) is 29.2. The summed E-state index contributed by atoms with van der Waals surface area (Å²) in [6.45, 7) is 5.55. The molecule has 0 bridgehead atoms. The SMILES string of the molecule is CCOc1ccc(N(CC(=O)N(Cc2ccc(C)cc2)C(C)C(=O)NC2CCCCC2)S(=O)(=O)c2ccc(OC)c(OC)c2)cc1. The minimum Gasteiger partial charge on any atom is -0.494 e. The van der Waals surface area contributed by atoms with Crippen molar-refractivity contribution in [3.8, 4) is 17.2 Å². The third-order valence-electron chi connectivity index (χ3n) is 8.25. The monoisotopic (exact) mass is 651 g/mol. The summed E-state index contributed by atoms with van der Waals surface area (Å²) in [5, 5.41) is 3.13. The van der Waals surface area contributed by atoms with Gasteiger partial charge in [0.15, 0.2) is 11.5 Å². The Hall–Kier alpha value is -4.25. The summed E-state index contributed by atoms with van der Waals surface area (Å²) in [5.41, 5.74) is 2.15. The van der Waals surface area contributed by atoms with Gasteiger partial charge in [0.2, 0.25) is 11.8 Å². The van der Waals surface area contributed by atoms with E-state index in [1.54, 1.807) is 31.2 Å². The summed E-state index contributed by atoms with van der Waals surface area (Å²) < 4.78 is 45.9. The van der Waals surface area contributed by atoms with E-state index in [0.29, 0.717) is 18.1 Å². The fourth-order valence-corrected chi connectivity index (χ4v) is 6.98. The molecular formula is C35H45N3O7S. The molecule has 0 heterocycles. The highest BCUT2D eigenvalue weighted by atomic mass is 32.2. The highest BCUT2D eigenvalue weighted by molar-refractivity contribution is 7.92. The molecule has 0 radical (unpaired) electrons. The first-order chi connectivity index (χ1) is 22.1. The summed E-state index contributed by atoms with van der Waals surface area (Å²) >= 11 is 0. The Bertz CT molecular complexity index is 1570. The van der Waals surface area contributed by atoms with Gasteiger partial charge in [0.25, 0.3) is 10.0 Å². The van der Waals surface area contributed by atoms with Crippen LogP contribution >= 0.6 is 0 Å². The van der Waals surface area contributed by atoms with Crippen LogP contribution in [0, 0.1) is 6.92 Å². The van der Waals surface area contributed by atoms with Crippen molar-refractivity contribution in [2.75, 3.05) is 31.7 Å². The molecule has 11 heteroatoms. The van der Waals surface area contributed by atoms with Crippen molar-refractivity contribution in [3.05, 3.63) is 77.9 Å². The lowest BCUT2D eigenvalue weighted by Gasteiger charge is -2.33. The molecule has 1 unspecified atom stereocenters. The number of benzene rings is 3. The van der Waals surface area contributed by atoms with Crippen molar-refractivity contribution >= 4 is 27.5 Å². The summed E-state index contributed by atoms with van der Waals surface area (Å²) in [5.74, 6) is 0.380. The van der Waals surface area contributed by atoms with Crippen molar-refractivity contribution in [2.45, 2.75) is 76.4 Å². The van der Waals surface area contributed by atoms with Gasteiger partial charge in [-0.1, -0.05) is 49.1 Å². The van der Waals surface area contributed by atoms with E-state index in [-0.39, 0.29) is 34.8 Å². The maximum atomic E-state index is 14.3. The minimum absolute atomic E-state index is 0.0609. The average molecular weight is 652 g/mol. The van der Waals surface area contributed by atoms with Crippen molar-refractivity contribution in [1.29, 1.82) is 0 Å². The summed E-state index contributed by atoms with van der Waals surface area (Å²) in [6.07, 6.45) is 5.06. The van der Waals surface area contributed by atoms with E-state index < -0.39 is 28.5 Å². The lowest BCUT2D eigenvalue weighted by molar-refractivity contribution is -0.139. The maximum absolute atomic E-state index is 14.3. The first kappa shape index (κ1) is 34.6. The maximum Gasteiger partial charge on any atom is 0.264 e. The van der Waals surface area contributed by atoms with Gasteiger partial charge in [-0.05, 0) is 75.6 Å². The fourth-order valence-electron chi connectivity index (χ4n) is 5.55. The van der Waals surface area contributed by atoms with Crippen LogP contribution in [0.15, 0.2) is 71.6 Å². The van der Waals surface area contributed by atoms with E-state index in [2.05, 4.69) is 5.32 Å². The Morgan fingerprint density at radius 1 is 0.913 bits per heavy atom. The smallest absolute Gasteiger partial charge is 0.264 e. The van der Waals surface area contributed by atoms with Crippen LogP contribution in [-0.4, -0.2) is 64.6 Å². The van der Waals surface area contributed by atoms with E-state index in [4.69, 9.17) is 14.2 Å². The highest BCUT2D eigenvalue weighted by Crippen LogP contribution is 2.33. The predicted molar refractivity (Wildman–Crippen MR) is 178 cm³/mol. The van der Waals surface area contributed by atoms with Crippen LogP contribution in [0.1, 0.15) is 57.1 Å². The van der Waals surface area contributed by atoms with Gasteiger partial charge in [0.1, 0.15) is 18.3 Å². The second-order valence-corrected chi connectivity index (χ2v) is 13.3. The Morgan fingerprint density at radius 2 is 1.57 bits per heavy atom. The van der Waals surface area contributed by atoms with Crippen molar-refractivity contribution in [1.82, 2.24) is 10.2 Å². The number of methoxy groups -OCH3 is 2. The van der Waals surface area contributed by atoms with Gasteiger partial charge in [0.05, 0.1) is 31.4 Å². The second kappa shape index (κ2) is 15.8. The Kier molecular flexibility index (Phi) is 11.9. The van der Waals surface area contributed by atoms with Gasteiger partial charge in [-0.15, -0.1) is 0 Å². The van der Waals surface area contributed by atoms with Crippen molar-refractivity contribution in [3.63, 3.8) is 0 Å². The number of amides is 2. The van der Waals surface area contributed by atoms with Gasteiger partial charge >= 0.3 is 0 Å². The summed E-state index contributed by atoms with van der Waals surface area (Å²) in [6, 6.07) is 17.7. The van der Waals surface area contributed by atoms with Crippen LogP contribution < -0.4 is 23.8 Å². The molecule has 2 amide bonds. The molecule has 4 rings (SSSR count). The number of hydrogen-bond donors (Lipinski definition) is 1. The Labute approximate surface area is 272 Å². The van der Waals surface area contributed by atoms with Crippen LogP contribution in [0.5, 0.6) is 17.2 Å². The number of rotatable bonds is 14. The number of nitrogens with zero attached hydrogens (tertiary/aromatic N) is 2. The molecule has 0 spiro atoms. The summed E-state index contributed by atoms with van der Waals surface area (Å²) in [7, 11) is -1.42. The molecular weight excluding hydrogens is 606 g/mol. The number of nitrogens with one attached hydrogen (secondary N) is 1. The zero-order valence-electron chi connectivity index (χ0n) is 27.3. The molecule has 3 aromatic rings. The largest absolute Gasteiger partial charge is 0.494 e. The molecule has 3 aromatic carbocycles. The van der Waals surface area contributed by atoms with Crippen molar-refractivity contribution < 1.29 is 32.2 Å². The first-order valence-electron chi connectivity index (χ1n) is 15.7. The normalized spacial score (nSPS) is 14.2. The van der Waals surface area contributed by atoms with Gasteiger partial charge in [-0.3, -0.25) is 13.9 Å². The second-order valence-electron chi connectivity index (χ2n) is 11.5. The Morgan fingerprint density at radius 3 is 2.17 bits per heavy atom. The number of hydrogen-bond acceptors (Lipinski definition) is 7. The molecule has 1 N–H and O–H groups in total. The third kappa shape index (κ3) is 8.51. The first-order valence-corrected chi connectivity index (χ1v) is 17.1. The van der Waals surface area contributed by atoms with Gasteiger partial charge < -0.3 is 24.4 Å². The molecule has 46 heavy (non-hydrogen) atoms. The Balaban J connectivity index is 1.71. The molecule has 0 saturated heterocycles. The van der Waals surface area contributed by atoms with Gasteiger partial charge in [-0.25, -0.2) is 8.42 Å². The molecule has 0 aliphatic heterocycles. The van der Waals surface area contributed by atoms with Crippen LogP contribution in [0.3, 0.4) is 0 Å². The highest BCUT2D eigenvalue weighted by Gasteiger charge is 2.33. The zero-order chi connectivity index (χ0) is 33.3. The quantitative estimate of drug-likeness (QED) is 0.246. The topological polar surface area (TPSA) is 114 Å². The van der Waals surface area contributed by atoms with E-state index in [0.717, 1.165) is 47.5 Å². The van der Waals surface area contributed by atoms with Crippen LogP contribution in [0.4, 0.5) is 5.69 Å². The number of sulfonamides is 1. The fraction of sp³-hybridized carbons (Fsp3) is 0.429. The molecule has 1 aliphatic carbocycles. The molecule has 10 nitrogen and oxygen atoms in total. The molecule has 1 fully saturated rings. The number of anilines is 1. The lowest BCUT2D eigenvalue weighted by Crippen LogP contribution is -2.53. The van der Waals surface area contributed by atoms with E-state index >= 15 is 0 Å². The average Bonchev–Trinajstić information content (AvgIpc) is 3.07. The van der Waals surface area contributed by atoms with Gasteiger partial charge in [0, 0.05) is 18.7 Å². The van der Waals surface area contributed by atoms with E-state index in [9.17, 15) is 18.0 Å². The molecule has 1 atom stereocenters. The van der Waals surface area contributed by atoms with Crippen LogP contribution in [-0.2, 0) is 26.2 Å². The van der Waals surface area contributed by atoms with Gasteiger partial charge in [-0.2, -0.15) is 0 Å². The number of carbonyl (C=O) groups is 2. The van der Waals surface area contributed by atoms with Crippen LogP contribution in [0.2, 0.25) is 0 Å². The number of aryl methyl sites for hydroxylation is 1. The standard InChI is InChI=1S/C35H45N3O7S/c1-6-45-30-18-16-29(17-19-30)38(46(41,42)31-20-21-32(43-4)33(22-31)44-5)24-34(39)37(23-27-14-12-25(2)13-15-27)26(3)35(40)36-28-10-8-7-9-11-28/h12-22,26,28H,6-11,23-24H2,1-5H3,(H,36,40). The molecule has 1 aliphatic rings. The minimum atomic E-state index is -4.30. The van der Waals surface area contributed by atoms with Crippen molar-refractivity contribution in [2.24, 2.45) is 0 Å². The molecule has 0 aromatic heterocycles. The third-order valence-corrected chi connectivity index (χ3v) is 10.0. The molecule has 1 saturated carbocycles. The lowest BCUT2D eigenvalue weighted by atomic mass is 9.95. The van der Waals surface area contributed by atoms with Crippen LogP contribution in [0.25, 0.3) is 0 Å². The molecule has 248 valence electrons. The predicted octanol–water partition coefficient (Wildman–Crippen LogP) is 5.47. The van der Waals surface area contributed by atoms with E-state index in [1.807, 2.05) is 38.1 Å². The zero-order valence-corrected chi connectivity index (χ0v) is 28.1.